The summed E-state index contributed by atoms with van der Waals surface area (Å²) in [5.41, 5.74) is 3.74. The van der Waals surface area contributed by atoms with Crippen LogP contribution in [0.25, 0.3) is 0 Å². The number of aromatic nitrogens is 3. The van der Waals surface area contributed by atoms with Gasteiger partial charge >= 0.3 is 5.97 Å². The number of methoxy groups -OCH3 is 1. The summed E-state index contributed by atoms with van der Waals surface area (Å²) >= 11 is 0. The van der Waals surface area contributed by atoms with Gasteiger partial charge in [-0.25, -0.2) is 4.79 Å². The van der Waals surface area contributed by atoms with Gasteiger partial charge in [0.25, 0.3) is 0 Å². The number of aromatic amines is 1. The Hall–Kier alpha value is -2.08. The molecular formula is C14H20N4O2. The van der Waals surface area contributed by atoms with Crippen molar-refractivity contribution in [1.82, 2.24) is 20.1 Å². The topological polar surface area (TPSA) is 71.9 Å². The van der Waals surface area contributed by atoms with Crippen LogP contribution in [-0.4, -0.2) is 27.8 Å². The molecule has 0 bridgehead atoms. The largest absolute Gasteiger partial charge is 0.464 e. The molecule has 0 fully saturated rings. The zero-order valence-corrected chi connectivity index (χ0v) is 12.1. The van der Waals surface area contributed by atoms with Crippen LogP contribution < -0.4 is 5.32 Å². The van der Waals surface area contributed by atoms with E-state index in [1.54, 1.807) is 6.07 Å². The lowest BCUT2D eigenvalue weighted by Gasteiger charge is -2.03. The zero-order valence-electron chi connectivity index (χ0n) is 12.1. The van der Waals surface area contributed by atoms with Crippen LogP contribution in [0.15, 0.2) is 18.3 Å². The smallest absolute Gasteiger partial charge is 0.354 e. The Labute approximate surface area is 118 Å². The summed E-state index contributed by atoms with van der Waals surface area (Å²) in [4.78, 5) is 14.3. The number of aryl methyl sites for hydroxylation is 2. The van der Waals surface area contributed by atoms with Crippen LogP contribution in [0.2, 0.25) is 0 Å². The summed E-state index contributed by atoms with van der Waals surface area (Å²) < 4.78 is 6.49. The van der Waals surface area contributed by atoms with E-state index in [1.165, 1.54) is 12.7 Å². The molecule has 0 aliphatic heterocycles. The van der Waals surface area contributed by atoms with E-state index in [-0.39, 0.29) is 5.97 Å². The molecule has 2 aromatic rings. The SMILES string of the molecule is CCc1nn(C)cc1CNCc1ccc(C(=O)OC)[nH]1. The third kappa shape index (κ3) is 3.27. The van der Waals surface area contributed by atoms with E-state index in [0.29, 0.717) is 12.2 Å². The van der Waals surface area contributed by atoms with Gasteiger partial charge in [-0.3, -0.25) is 4.68 Å². The quantitative estimate of drug-likeness (QED) is 0.782. The molecule has 0 aliphatic carbocycles. The Kier molecular flexibility index (Phi) is 4.57. The maximum absolute atomic E-state index is 11.3. The lowest BCUT2D eigenvalue weighted by molar-refractivity contribution is 0.0594. The number of esters is 1. The molecule has 2 heterocycles. The lowest BCUT2D eigenvalue weighted by atomic mass is 10.2. The first-order valence-corrected chi connectivity index (χ1v) is 6.62. The molecule has 0 spiro atoms. The van der Waals surface area contributed by atoms with Crippen molar-refractivity contribution in [2.24, 2.45) is 7.05 Å². The molecule has 108 valence electrons. The van der Waals surface area contributed by atoms with E-state index in [2.05, 4.69) is 27.1 Å². The molecular weight excluding hydrogens is 256 g/mol. The van der Waals surface area contributed by atoms with Crippen LogP contribution in [0.5, 0.6) is 0 Å². The van der Waals surface area contributed by atoms with Crippen molar-refractivity contribution < 1.29 is 9.53 Å². The summed E-state index contributed by atoms with van der Waals surface area (Å²) in [5, 5.41) is 7.74. The summed E-state index contributed by atoms with van der Waals surface area (Å²) in [6.07, 6.45) is 2.95. The van der Waals surface area contributed by atoms with Crippen molar-refractivity contribution in [3.05, 3.63) is 41.0 Å². The second-order valence-corrected chi connectivity index (χ2v) is 4.62. The number of rotatable bonds is 6. The third-order valence-electron chi connectivity index (χ3n) is 3.11. The molecule has 0 radical (unpaired) electrons. The normalized spacial score (nSPS) is 10.8. The highest BCUT2D eigenvalue weighted by molar-refractivity contribution is 5.87. The van der Waals surface area contributed by atoms with Crippen LogP contribution in [0.3, 0.4) is 0 Å². The minimum atomic E-state index is -0.350. The fourth-order valence-electron chi connectivity index (χ4n) is 2.13. The van der Waals surface area contributed by atoms with Gasteiger partial charge in [-0.1, -0.05) is 6.92 Å². The van der Waals surface area contributed by atoms with Crippen molar-refractivity contribution in [3.8, 4) is 0 Å². The molecule has 6 nitrogen and oxygen atoms in total. The van der Waals surface area contributed by atoms with Gasteiger partial charge in [0.05, 0.1) is 12.8 Å². The Morgan fingerprint density at radius 1 is 1.45 bits per heavy atom. The van der Waals surface area contributed by atoms with Crippen molar-refractivity contribution in [2.45, 2.75) is 26.4 Å². The standard InChI is InChI=1S/C14H20N4O2/c1-4-12-10(9-18(2)17-12)7-15-8-11-5-6-13(16-11)14(19)20-3/h5-6,9,15-16H,4,7-8H2,1-3H3. The number of nitrogens with one attached hydrogen (secondary N) is 2. The first-order chi connectivity index (χ1) is 9.63. The van der Waals surface area contributed by atoms with E-state index in [1.807, 2.05) is 24.0 Å². The van der Waals surface area contributed by atoms with Crippen molar-refractivity contribution in [3.63, 3.8) is 0 Å². The molecule has 2 aromatic heterocycles. The molecule has 20 heavy (non-hydrogen) atoms. The van der Waals surface area contributed by atoms with Gasteiger partial charge in [-0.15, -0.1) is 0 Å². The monoisotopic (exact) mass is 276 g/mol. The number of H-pyrrole nitrogens is 1. The van der Waals surface area contributed by atoms with E-state index in [0.717, 1.165) is 24.4 Å². The van der Waals surface area contributed by atoms with Gasteiger partial charge < -0.3 is 15.0 Å². The molecule has 0 aliphatic rings. The second kappa shape index (κ2) is 6.38. The molecule has 0 amide bonds. The first-order valence-electron chi connectivity index (χ1n) is 6.62. The zero-order chi connectivity index (χ0) is 14.5. The van der Waals surface area contributed by atoms with E-state index in [9.17, 15) is 4.79 Å². The molecule has 2 rings (SSSR count). The van der Waals surface area contributed by atoms with Crippen LogP contribution in [0.1, 0.15) is 34.4 Å². The van der Waals surface area contributed by atoms with Gasteiger partial charge in [0.1, 0.15) is 5.69 Å². The molecule has 0 unspecified atom stereocenters. The molecule has 0 saturated carbocycles. The Morgan fingerprint density at radius 2 is 2.25 bits per heavy atom. The maximum atomic E-state index is 11.3. The Bertz CT molecular complexity index is 586. The summed E-state index contributed by atoms with van der Waals surface area (Å²) in [6.45, 7) is 3.51. The molecule has 6 heteroatoms. The number of hydrogen-bond acceptors (Lipinski definition) is 4. The van der Waals surface area contributed by atoms with E-state index >= 15 is 0 Å². The van der Waals surface area contributed by atoms with Crippen LogP contribution in [0.4, 0.5) is 0 Å². The second-order valence-electron chi connectivity index (χ2n) is 4.62. The first kappa shape index (κ1) is 14.3. The third-order valence-corrected chi connectivity index (χ3v) is 3.11. The highest BCUT2D eigenvalue weighted by Gasteiger charge is 2.08. The summed E-state index contributed by atoms with van der Waals surface area (Å²) in [5.74, 6) is -0.350. The number of ether oxygens (including phenoxy) is 1. The Balaban J connectivity index is 1.89. The van der Waals surface area contributed by atoms with Crippen LogP contribution in [0, 0.1) is 0 Å². The fourth-order valence-corrected chi connectivity index (χ4v) is 2.13. The van der Waals surface area contributed by atoms with Gasteiger partial charge in [-0.05, 0) is 18.6 Å². The average Bonchev–Trinajstić information content (AvgIpc) is 3.04. The van der Waals surface area contributed by atoms with Gasteiger partial charge in [0, 0.05) is 37.6 Å². The molecule has 0 saturated heterocycles. The van der Waals surface area contributed by atoms with E-state index in [4.69, 9.17) is 0 Å². The Morgan fingerprint density at radius 3 is 2.95 bits per heavy atom. The van der Waals surface area contributed by atoms with Crippen LogP contribution >= 0.6 is 0 Å². The minimum absolute atomic E-state index is 0.350. The predicted octanol–water partition coefficient (Wildman–Crippen LogP) is 1.39. The highest BCUT2D eigenvalue weighted by atomic mass is 16.5. The fraction of sp³-hybridized carbons (Fsp3) is 0.429. The van der Waals surface area contributed by atoms with E-state index < -0.39 is 0 Å². The summed E-state index contributed by atoms with van der Waals surface area (Å²) in [7, 11) is 3.30. The number of carbonyl (C=O) groups excluding carboxylic acids is 1. The van der Waals surface area contributed by atoms with Crippen LogP contribution in [-0.2, 0) is 31.3 Å². The number of carbonyl (C=O) groups is 1. The molecule has 0 atom stereocenters. The van der Waals surface area contributed by atoms with Crippen molar-refractivity contribution in [2.75, 3.05) is 7.11 Å². The molecule has 2 N–H and O–H groups in total. The maximum Gasteiger partial charge on any atom is 0.354 e. The summed E-state index contributed by atoms with van der Waals surface area (Å²) in [6, 6.07) is 3.60. The molecule has 0 aromatic carbocycles. The van der Waals surface area contributed by atoms with Gasteiger partial charge in [-0.2, -0.15) is 5.10 Å². The number of nitrogens with zero attached hydrogens (tertiary/aromatic N) is 2. The highest BCUT2D eigenvalue weighted by Crippen LogP contribution is 2.08. The van der Waals surface area contributed by atoms with Crippen molar-refractivity contribution >= 4 is 5.97 Å². The predicted molar refractivity (Wildman–Crippen MR) is 75.3 cm³/mol. The lowest BCUT2D eigenvalue weighted by Crippen LogP contribution is -2.14. The van der Waals surface area contributed by atoms with Gasteiger partial charge in [0.15, 0.2) is 0 Å². The van der Waals surface area contributed by atoms with Crippen molar-refractivity contribution in [1.29, 1.82) is 0 Å². The average molecular weight is 276 g/mol. The van der Waals surface area contributed by atoms with Gasteiger partial charge in [0.2, 0.25) is 0 Å². The minimum Gasteiger partial charge on any atom is -0.464 e. The number of hydrogen-bond donors (Lipinski definition) is 2.